The Bertz CT molecular complexity index is 542. The molecule has 0 unspecified atom stereocenters. The molecule has 1 aromatic carbocycles. The fraction of sp³-hybridized carbons (Fsp3) is 0.529. The lowest BCUT2D eigenvalue weighted by molar-refractivity contribution is -0.136. The maximum atomic E-state index is 12.5. The average molecular weight is 357 g/mol. The highest BCUT2D eigenvalue weighted by Gasteiger charge is 2.38. The molecule has 24 heavy (non-hydrogen) atoms. The number of carbonyl (C=O) groups excluding carboxylic acids is 2. The molecule has 6 nitrogen and oxygen atoms in total. The van der Waals surface area contributed by atoms with Crippen LogP contribution in [0.4, 0.5) is 0 Å². The summed E-state index contributed by atoms with van der Waals surface area (Å²) in [6, 6.07) is 7.02. The molecule has 0 spiro atoms. The molecule has 1 aromatic rings. The second-order valence-corrected chi connectivity index (χ2v) is 5.70. The lowest BCUT2D eigenvalue weighted by Gasteiger charge is -2.34. The van der Waals surface area contributed by atoms with Crippen LogP contribution in [0, 0.1) is 5.41 Å². The van der Waals surface area contributed by atoms with Gasteiger partial charge < -0.3 is 20.5 Å². The van der Waals surface area contributed by atoms with E-state index in [4.69, 9.17) is 15.2 Å². The monoisotopic (exact) mass is 356 g/mol. The maximum absolute atomic E-state index is 12.5. The number of ether oxygens (including phenoxy) is 2. The Morgan fingerprint density at radius 3 is 2.42 bits per heavy atom. The number of rotatable bonds is 6. The van der Waals surface area contributed by atoms with Gasteiger partial charge >= 0.3 is 5.97 Å². The molecule has 1 heterocycles. The highest BCUT2D eigenvalue weighted by molar-refractivity contribution is 5.89. The Morgan fingerprint density at radius 2 is 1.88 bits per heavy atom. The topological polar surface area (TPSA) is 90.7 Å². The normalized spacial score (nSPS) is 15.9. The van der Waals surface area contributed by atoms with Crippen molar-refractivity contribution in [2.75, 3.05) is 26.4 Å². The molecule has 0 bridgehead atoms. The van der Waals surface area contributed by atoms with Gasteiger partial charge in [0.05, 0.1) is 17.6 Å². The van der Waals surface area contributed by atoms with Gasteiger partial charge in [0.25, 0.3) is 0 Å². The van der Waals surface area contributed by atoms with Crippen LogP contribution in [0.2, 0.25) is 0 Å². The van der Waals surface area contributed by atoms with E-state index in [9.17, 15) is 9.59 Å². The molecular weight excluding hydrogens is 332 g/mol. The van der Waals surface area contributed by atoms with Gasteiger partial charge in [0.15, 0.2) is 0 Å². The Hall–Kier alpha value is -1.63. The van der Waals surface area contributed by atoms with Crippen molar-refractivity contribution in [2.45, 2.75) is 26.3 Å². The number of nitrogens with one attached hydrogen (secondary N) is 1. The zero-order valence-electron chi connectivity index (χ0n) is 13.9. The van der Waals surface area contributed by atoms with E-state index in [1.54, 1.807) is 19.1 Å². The van der Waals surface area contributed by atoms with Crippen LogP contribution in [-0.2, 0) is 20.8 Å². The van der Waals surface area contributed by atoms with Gasteiger partial charge in [0, 0.05) is 26.3 Å². The largest absolute Gasteiger partial charge is 0.462 e. The number of benzene rings is 1. The number of esters is 1. The first-order valence-corrected chi connectivity index (χ1v) is 7.93. The minimum absolute atomic E-state index is 0. The second kappa shape index (κ2) is 9.61. The van der Waals surface area contributed by atoms with Gasteiger partial charge in [0.1, 0.15) is 0 Å². The van der Waals surface area contributed by atoms with Gasteiger partial charge in [-0.05, 0) is 37.5 Å². The van der Waals surface area contributed by atoms with Crippen molar-refractivity contribution >= 4 is 24.3 Å². The molecule has 134 valence electrons. The predicted molar refractivity (Wildman–Crippen MR) is 93.0 cm³/mol. The molecule has 0 saturated carbocycles. The summed E-state index contributed by atoms with van der Waals surface area (Å²) in [5, 5.41) is 2.94. The summed E-state index contributed by atoms with van der Waals surface area (Å²) in [5.41, 5.74) is 6.72. The number of amides is 1. The Balaban J connectivity index is 0.00000288. The molecule has 1 saturated heterocycles. The zero-order valence-corrected chi connectivity index (χ0v) is 14.7. The van der Waals surface area contributed by atoms with E-state index in [-0.39, 0.29) is 24.3 Å². The van der Waals surface area contributed by atoms with Gasteiger partial charge in [-0.1, -0.05) is 12.1 Å². The molecule has 1 amide bonds. The summed E-state index contributed by atoms with van der Waals surface area (Å²) in [7, 11) is 0. The van der Waals surface area contributed by atoms with E-state index in [1.165, 1.54) is 0 Å². The first-order valence-electron chi connectivity index (χ1n) is 7.93. The van der Waals surface area contributed by atoms with Crippen LogP contribution >= 0.6 is 12.4 Å². The lowest BCUT2D eigenvalue weighted by atomic mass is 9.79. The summed E-state index contributed by atoms with van der Waals surface area (Å²) >= 11 is 0. The lowest BCUT2D eigenvalue weighted by Crippen LogP contribution is -2.48. The standard InChI is InChI=1S/C17H24N2O4.ClH/c1-2-23-15(20)14-5-3-13(4-6-14)11-19-16(21)17(12-18)7-9-22-10-8-17;/h3-6H,2,7-12,18H2,1H3,(H,19,21);1H. The molecule has 1 aliphatic rings. The van der Waals surface area contributed by atoms with E-state index in [0.717, 1.165) is 5.56 Å². The predicted octanol–water partition coefficient (Wildman–Crippen LogP) is 1.66. The fourth-order valence-electron chi connectivity index (χ4n) is 2.63. The minimum Gasteiger partial charge on any atom is -0.462 e. The Morgan fingerprint density at radius 1 is 1.25 bits per heavy atom. The SMILES string of the molecule is CCOC(=O)c1ccc(CNC(=O)C2(CN)CCOCC2)cc1.Cl. The number of nitrogens with two attached hydrogens (primary N) is 1. The van der Waals surface area contributed by atoms with Crippen molar-refractivity contribution in [3.05, 3.63) is 35.4 Å². The minimum atomic E-state index is -0.525. The third kappa shape index (κ3) is 4.93. The molecule has 1 aliphatic heterocycles. The third-order valence-electron chi connectivity index (χ3n) is 4.24. The molecule has 7 heteroatoms. The van der Waals surface area contributed by atoms with E-state index in [1.807, 2.05) is 12.1 Å². The number of hydrogen-bond acceptors (Lipinski definition) is 5. The van der Waals surface area contributed by atoms with Gasteiger partial charge in [-0.25, -0.2) is 4.79 Å². The molecular formula is C17H25ClN2O4. The molecule has 0 radical (unpaired) electrons. The van der Waals surface area contributed by atoms with E-state index in [0.29, 0.717) is 51.3 Å². The van der Waals surface area contributed by atoms with Gasteiger partial charge in [-0.15, -0.1) is 12.4 Å². The van der Waals surface area contributed by atoms with Crippen LogP contribution in [-0.4, -0.2) is 38.2 Å². The molecule has 0 aromatic heterocycles. The smallest absolute Gasteiger partial charge is 0.338 e. The molecule has 0 aliphatic carbocycles. The Kier molecular flexibility index (Phi) is 8.18. The van der Waals surface area contributed by atoms with Crippen molar-refractivity contribution < 1.29 is 19.1 Å². The van der Waals surface area contributed by atoms with Crippen LogP contribution in [0.15, 0.2) is 24.3 Å². The van der Waals surface area contributed by atoms with E-state index >= 15 is 0 Å². The van der Waals surface area contributed by atoms with Crippen LogP contribution in [0.25, 0.3) is 0 Å². The van der Waals surface area contributed by atoms with Crippen molar-refractivity contribution in [3.8, 4) is 0 Å². The van der Waals surface area contributed by atoms with Gasteiger partial charge in [-0.2, -0.15) is 0 Å². The van der Waals surface area contributed by atoms with Gasteiger partial charge in [-0.3, -0.25) is 4.79 Å². The molecule has 2 rings (SSSR count). The maximum Gasteiger partial charge on any atom is 0.338 e. The van der Waals surface area contributed by atoms with Crippen LogP contribution in [0.3, 0.4) is 0 Å². The molecule has 1 fully saturated rings. The first-order chi connectivity index (χ1) is 11.1. The second-order valence-electron chi connectivity index (χ2n) is 5.70. The number of halogens is 1. The van der Waals surface area contributed by atoms with Crippen molar-refractivity contribution in [2.24, 2.45) is 11.1 Å². The molecule has 0 atom stereocenters. The van der Waals surface area contributed by atoms with Gasteiger partial charge in [0.2, 0.25) is 5.91 Å². The summed E-state index contributed by atoms with van der Waals surface area (Å²) in [6.45, 7) is 3.99. The fourth-order valence-corrected chi connectivity index (χ4v) is 2.63. The molecule has 3 N–H and O–H groups in total. The first kappa shape index (κ1) is 20.4. The highest BCUT2D eigenvalue weighted by atomic mass is 35.5. The zero-order chi connectivity index (χ0) is 16.7. The van der Waals surface area contributed by atoms with Crippen LogP contribution in [0.1, 0.15) is 35.7 Å². The Labute approximate surface area is 148 Å². The third-order valence-corrected chi connectivity index (χ3v) is 4.24. The van der Waals surface area contributed by atoms with Crippen molar-refractivity contribution in [3.63, 3.8) is 0 Å². The summed E-state index contributed by atoms with van der Waals surface area (Å²) < 4.78 is 10.3. The van der Waals surface area contributed by atoms with Crippen LogP contribution < -0.4 is 11.1 Å². The highest BCUT2D eigenvalue weighted by Crippen LogP contribution is 2.29. The van der Waals surface area contributed by atoms with E-state index in [2.05, 4.69) is 5.32 Å². The summed E-state index contributed by atoms with van der Waals surface area (Å²) in [5.74, 6) is -0.370. The summed E-state index contributed by atoms with van der Waals surface area (Å²) in [4.78, 5) is 24.1. The quantitative estimate of drug-likeness (QED) is 0.756. The van der Waals surface area contributed by atoms with Crippen molar-refractivity contribution in [1.82, 2.24) is 5.32 Å². The van der Waals surface area contributed by atoms with E-state index < -0.39 is 5.41 Å². The van der Waals surface area contributed by atoms with Crippen molar-refractivity contribution in [1.29, 1.82) is 0 Å². The van der Waals surface area contributed by atoms with Crippen LogP contribution in [0.5, 0.6) is 0 Å². The average Bonchev–Trinajstić information content (AvgIpc) is 2.60. The summed E-state index contributed by atoms with van der Waals surface area (Å²) in [6.07, 6.45) is 1.30. The number of carbonyl (C=O) groups is 2. The number of hydrogen-bond donors (Lipinski definition) is 2.